The molecular formula is C22H32N4O7S2. The lowest BCUT2D eigenvalue weighted by Crippen LogP contribution is -2.63. The molecule has 3 saturated heterocycles. The van der Waals surface area contributed by atoms with Crippen molar-refractivity contribution in [2.24, 2.45) is 11.8 Å². The number of aliphatic hydroxyl groups excluding tert-OH is 1. The number of carbonyl (C=O) groups excluding carboxylic acids is 3. The molecule has 3 fully saturated rings. The highest BCUT2D eigenvalue weighted by Gasteiger charge is 2.60. The molecule has 4 heterocycles. The average molecular weight is 529 g/mol. The second-order valence-corrected chi connectivity index (χ2v) is 11.8. The third-order valence-electron chi connectivity index (χ3n) is 6.90. The highest BCUT2D eigenvalue weighted by Crippen LogP contribution is 2.51. The van der Waals surface area contributed by atoms with E-state index in [1.54, 1.807) is 25.6 Å². The predicted octanol–water partition coefficient (Wildman–Crippen LogP) is -0.686. The van der Waals surface area contributed by atoms with E-state index in [0.29, 0.717) is 36.8 Å². The van der Waals surface area contributed by atoms with Crippen molar-refractivity contribution in [1.29, 1.82) is 0 Å². The first-order chi connectivity index (χ1) is 16.6. The number of hydrogen-bond donors (Lipinski definition) is 5. The molecule has 0 saturated carbocycles. The molecule has 0 bridgehead atoms. The van der Waals surface area contributed by atoms with Crippen LogP contribution in [0.3, 0.4) is 0 Å². The molecule has 8 atom stereocenters. The summed E-state index contributed by atoms with van der Waals surface area (Å²) >= 11 is 2.97. The lowest BCUT2D eigenvalue weighted by molar-refractivity contribution is -0.163. The zero-order chi connectivity index (χ0) is 25.4. The molecule has 0 aromatic carbocycles. The molecule has 4 rings (SSSR count). The van der Waals surface area contributed by atoms with Gasteiger partial charge in [-0.1, -0.05) is 6.92 Å². The van der Waals surface area contributed by atoms with Gasteiger partial charge in [0, 0.05) is 34.9 Å². The molecule has 11 nitrogen and oxygen atoms in total. The number of nitrogens with one attached hydrogen (secondary N) is 3. The van der Waals surface area contributed by atoms with Crippen LogP contribution in [0.2, 0.25) is 0 Å². The number of carboxylic acids is 1. The van der Waals surface area contributed by atoms with E-state index in [-0.39, 0.29) is 52.1 Å². The first kappa shape index (κ1) is 26.3. The zero-order valence-electron chi connectivity index (χ0n) is 19.9. The standard InChI is InChI=1S/C22H32N4O7S2/c1-4-33-22(32)13-8-34-14(25-13)7-24-19(28)12-5-11(6-23-12)35-18-9(2)16-15(10(3)27)20(29)26(16)17(18)21(30)31/h9-16,23,25,27H,4-8H2,1-3H3,(H,24,28)(H,30,31)/t9-,10-,11+,12+,13+,14?,15-,16-/m1/s1. The molecule has 0 aliphatic carbocycles. The van der Waals surface area contributed by atoms with Crippen LogP contribution in [-0.4, -0.2) is 99.2 Å². The second kappa shape index (κ2) is 10.7. The monoisotopic (exact) mass is 528 g/mol. The van der Waals surface area contributed by atoms with Crippen LogP contribution < -0.4 is 16.0 Å². The minimum absolute atomic E-state index is 0.00258. The van der Waals surface area contributed by atoms with Crippen LogP contribution in [0.4, 0.5) is 0 Å². The number of thioether (sulfide) groups is 2. The largest absolute Gasteiger partial charge is 0.477 e. The predicted molar refractivity (Wildman–Crippen MR) is 130 cm³/mol. The van der Waals surface area contributed by atoms with E-state index >= 15 is 0 Å². The highest BCUT2D eigenvalue weighted by atomic mass is 32.2. The Hall–Kier alpha value is -1.80. The van der Waals surface area contributed by atoms with Crippen molar-refractivity contribution in [2.45, 2.75) is 62.0 Å². The van der Waals surface area contributed by atoms with Crippen molar-refractivity contribution in [3.8, 4) is 0 Å². The third-order valence-corrected chi connectivity index (χ3v) is 9.64. The average Bonchev–Trinajstić information content (AvgIpc) is 3.51. The Morgan fingerprint density at radius 2 is 2.09 bits per heavy atom. The summed E-state index contributed by atoms with van der Waals surface area (Å²) in [6.45, 7) is 6.44. The van der Waals surface area contributed by atoms with E-state index in [0.717, 1.165) is 0 Å². The van der Waals surface area contributed by atoms with E-state index in [2.05, 4.69) is 16.0 Å². The Bertz CT molecular complexity index is 929. The topological polar surface area (TPSA) is 157 Å². The summed E-state index contributed by atoms with van der Waals surface area (Å²) in [5.74, 6) is -2.13. The van der Waals surface area contributed by atoms with Crippen molar-refractivity contribution in [1.82, 2.24) is 20.9 Å². The van der Waals surface area contributed by atoms with Gasteiger partial charge in [-0.2, -0.15) is 0 Å². The lowest BCUT2D eigenvalue weighted by Gasteiger charge is -2.46. The second-order valence-electron chi connectivity index (χ2n) is 9.25. The maximum atomic E-state index is 12.7. The first-order valence-corrected chi connectivity index (χ1v) is 13.8. The number of amides is 2. The zero-order valence-corrected chi connectivity index (χ0v) is 21.5. The van der Waals surface area contributed by atoms with Gasteiger partial charge >= 0.3 is 11.9 Å². The molecule has 4 aliphatic heterocycles. The van der Waals surface area contributed by atoms with Gasteiger partial charge in [0.15, 0.2) is 0 Å². The number of ether oxygens (including phenoxy) is 1. The highest BCUT2D eigenvalue weighted by molar-refractivity contribution is 8.03. The van der Waals surface area contributed by atoms with Gasteiger partial charge in [0.25, 0.3) is 0 Å². The van der Waals surface area contributed by atoms with Crippen LogP contribution >= 0.6 is 23.5 Å². The van der Waals surface area contributed by atoms with Gasteiger partial charge in [-0.15, -0.1) is 23.5 Å². The summed E-state index contributed by atoms with van der Waals surface area (Å²) < 4.78 is 5.03. The Labute approximate surface area is 212 Å². The van der Waals surface area contributed by atoms with Gasteiger partial charge in [-0.05, 0) is 20.3 Å². The normalized spacial score (nSPS) is 35.0. The van der Waals surface area contributed by atoms with Crippen LogP contribution in [0.1, 0.15) is 27.2 Å². The summed E-state index contributed by atoms with van der Waals surface area (Å²) in [7, 11) is 0. The Morgan fingerprint density at radius 1 is 1.34 bits per heavy atom. The Kier molecular flexibility index (Phi) is 8.01. The van der Waals surface area contributed by atoms with E-state index in [1.165, 1.54) is 16.7 Å². The van der Waals surface area contributed by atoms with Gasteiger partial charge in [0.05, 0.1) is 36.1 Å². The number of carbonyl (C=O) groups is 4. The molecular weight excluding hydrogens is 496 g/mol. The van der Waals surface area contributed by atoms with E-state index in [1.807, 2.05) is 6.92 Å². The Balaban J connectivity index is 1.30. The molecule has 0 aromatic heterocycles. The van der Waals surface area contributed by atoms with Gasteiger partial charge < -0.3 is 30.5 Å². The number of β-lactam (4-membered cyclic amide) rings is 1. The molecule has 0 spiro atoms. The fourth-order valence-corrected chi connectivity index (χ4v) is 7.79. The molecule has 2 amide bonds. The minimum Gasteiger partial charge on any atom is -0.477 e. The number of fused-ring (bicyclic) bond motifs is 1. The summed E-state index contributed by atoms with van der Waals surface area (Å²) in [6.07, 6.45) is -0.318. The van der Waals surface area contributed by atoms with Crippen LogP contribution in [0, 0.1) is 11.8 Å². The molecule has 5 N–H and O–H groups in total. The van der Waals surface area contributed by atoms with Crippen LogP contribution in [0.5, 0.6) is 0 Å². The number of aliphatic hydroxyl groups is 1. The molecule has 1 unspecified atom stereocenters. The number of carboxylic acid groups (broad SMARTS) is 1. The molecule has 13 heteroatoms. The fourth-order valence-electron chi connectivity index (χ4n) is 5.20. The Morgan fingerprint density at radius 3 is 2.74 bits per heavy atom. The number of nitrogens with zero attached hydrogens (tertiary/aromatic N) is 1. The van der Waals surface area contributed by atoms with Crippen molar-refractivity contribution in [3.05, 3.63) is 10.6 Å². The van der Waals surface area contributed by atoms with E-state index in [9.17, 15) is 29.4 Å². The molecule has 35 heavy (non-hydrogen) atoms. The molecule has 0 radical (unpaired) electrons. The molecule has 0 aromatic rings. The first-order valence-electron chi connectivity index (χ1n) is 11.8. The smallest absolute Gasteiger partial charge is 0.353 e. The van der Waals surface area contributed by atoms with E-state index < -0.39 is 24.0 Å². The summed E-state index contributed by atoms with van der Waals surface area (Å²) in [5.41, 5.74) is 0.00258. The summed E-state index contributed by atoms with van der Waals surface area (Å²) in [4.78, 5) is 51.0. The van der Waals surface area contributed by atoms with Gasteiger partial charge in [-0.25, -0.2) is 4.79 Å². The number of hydrogen-bond acceptors (Lipinski definition) is 10. The van der Waals surface area contributed by atoms with Crippen LogP contribution in [0.15, 0.2) is 10.6 Å². The molecule has 194 valence electrons. The maximum Gasteiger partial charge on any atom is 0.353 e. The summed E-state index contributed by atoms with van der Waals surface area (Å²) in [5, 5.41) is 29.0. The molecule has 4 aliphatic rings. The lowest BCUT2D eigenvalue weighted by atomic mass is 9.79. The van der Waals surface area contributed by atoms with Gasteiger partial charge in [-0.3, -0.25) is 19.7 Å². The SMILES string of the molecule is CCOC(=O)[C@@H]1CSC(CNC(=O)[C@@H]2C[C@H](SC3=C(C(=O)O)N4C(=O)[C@H]([C@@H](C)O)[C@H]4[C@H]3C)CN2)N1. The number of rotatable bonds is 9. The van der Waals surface area contributed by atoms with Crippen molar-refractivity contribution < 1.29 is 34.1 Å². The van der Waals surface area contributed by atoms with Crippen molar-refractivity contribution in [2.75, 3.05) is 25.4 Å². The van der Waals surface area contributed by atoms with E-state index in [4.69, 9.17) is 4.74 Å². The van der Waals surface area contributed by atoms with Gasteiger partial charge in [0.1, 0.15) is 11.7 Å². The van der Waals surface area contributed by atoms with Crippen LogP contribution in [-0.2, 0) is 23.9 Å². The quantitative estimate of drug-likeness (QED) is 0.191. The van der Waals surface area contributed by atoms with Crippen molar-refractivity contribution >= 4 is 47.3 Å². The maximum absolute atomic E-state index is 12.7. The van der Waals surface area contributed by atoms with Gasteiger partial charge in [0.2, 0.25) is 11.8 Å². The third kappa shape index (κ3) is 5.06. The summed E-state index contributed by atoms with van der Waals surface area (Å²) in [6, 6.07) is -1.13. The van der Waals surface area contributed by atoms with Crippen molar-refractivity contribution in [3.63, 3.8) is 0 Å². The number of aliphatic carboxylic acids is 1. The minimum atomic E-state index is -1.15. The fraction of sp³-hybridized carbons (Fsp3) is 0.727. The number of esters is 1. The van der Waals surface area contributed by atoms with Crippen LogP contribution in [0.25, 0.3) is 0 Å².